The van der Waals surface area contributed by atoms with Crippen molar-refractivity contribution < 1.29 is 18.0 Å². The van der Waals surface area contributed by atoms with Crippen LogP contribution in [0.1, 0.15) is 36.0 Å². The highest BCUT2D eigenvalue weighted by molar-refractivity contribution is 7.89. The second-order valence-electron chi connectivity index (χ2n) is 8.24. The van der Waals surface area contributed by atoms with E-state index in [1.54, 1.807) is 19.1 Å². The van der Waals surface area contributed by atoms with E-state index in [1.807, 2.05) is 43.3 Å². The fourth-order valence-electron chi connectivity index (χ4n) is 3.95. The van der Waals surface area contributed by atoms with Crippen LogP contribution in [0.3, 0.4) is 0 Å². The molecular weight excluding hydrogens is 426 g/mol. The molecule has 0 aromatic heterocycles. The summed E-state index contributed by atoms with van der Waals surface area (Å²) in [5.74, 6) is -1.43. The highest BCUT2D eigenvalue weighted by atomic mass is 32.2. The van der Waals surface area contributed by atoms with Crippen molar-refractivity contribution in [1.82, 2.24) is 14.9 Å². The maximum Gasteiger partial charge on any atom is 0.309 e. The first-order valence-electron chi connectivity index (χ1n) is 11.0. The monoisotopic (exact) mass is 457 g/mol. The molecule has 2 amide bonds. The summed E-state index contributed by atoms with van der Waals surface area (Å²) in [4.78, 5) is 24.6. The van der Waals surface area contributed by atoms with Gasteiger partial charge in [0.05, 0.1) is 4.90 Å². The number of rotatable bonds is 8. The van der Waals surface area contributed by atoms with Crippen molar-refractivity contribution in [2.75, 3.05) is 19.6 Å². The molecule has 0 saturated carbocycles. The minimum absolute atomic E-state index is 0.111. The SMILES string of the molecule is Cc1ccc(C)c(S(=O)(=O)N2CCC[C@@H]2CNC(=O)C(=O)NCCCc2ccccc2)c1. The molecule has 0 aliphatic carbocycles. The van der Waals surface area contributed by atoms with Gasteiger partial charge in [-0.2, -0.15) is 4.31 Å². The fourth-order valence-corrected chi connectivity index (χ4v) is 5.96. The lowest BCUT2D eigenvalue weighted by molar-refractivity contribution is -0.139. The van der Waals surface area contributed by atoms with E-state index in [1.165, 1.54) is 9.87 Å². The molecule has 0 radical (unpaired) electrons. The quantitative estimate of drug-likeness (QED) is 0.470. The van der Waals surface area contributed by atoms with Gasteiger partial charge in [0.25, 0.3) is 0 Å². The maximum absolute atomic E-state index is 13.2. The number of sulfonamides is 1. The van der Waals surface area contributed by atoms with Crippen molar-refractivity contribution in [3.8, 4) is 0 Å². The Hall–Kier alpha value is -2.71. The minimum atomic E-state index is -3.67. The Morgan fingerprint density at radius 2 is 1.75 bits per heavy atom. The standard InChI is InChI=1S/C24H31N3O4S/c1-18-12-13-19(2)22(16-18)32(30,31)27-15-7-11-21(27)17-26-24(29)23(28)25-14-6-10-20-8-4-3-5-9-20/h3-5,8-9,12-13,16,21H,6-7,10-11,14-15,17H2,1-2H3,(H,25,28)(H,26,29)/t21-/m1/s1. The van der Waals surface area contributed by atoms with Gasteiger partial charge in [0.2, 0.25) is 10.0 Å². The van der Waals surface area contributed by atoms with E-state index in [4.69, 9.17) is 0 Å². The van der Waals surface area contributed by atoms with Crippen molar-refractivity contribution in [1.29, 1.82) is 0 Å². The Morgan fingerprint density at radius 3 is 2.50 bits per heavy atom. The summed E-state index contributed by atoms with van der Waals surface area (Å²) in [6.45, 7) is 4.56. The Bertz CT molecular complexity index is 1050. The number of aryl methyl sites for hydroxylation is 3. The van der Waals surface area contributed by atoms with Crippen LogP contribution < -0.4 is 10.6 Å². The van der Waals surface area contributed by atoms with Crippen LogP contribution in [0.2, 0.25) is 0 Å². The molecule has 1 fully saturated rings. The van der Waals surface area contributed by atoms with Gasteiger partial charge in [-0.15, -0.1) is 0 Å². The molecule has 172 valence electrons. The summed E-state index contributed by atoms with van der Waals surface area (Å²) >= 11 is 0. The van der Waals surface area contributed by atoms with Gasteiger partial charge >= 0.3 is 11.8 Å². The van der Waals surface area contributed by atoms with E-state index in [0.29, 0.717) is 30.0 Å². The molecule has 2 aromatic rings. The van der Waals surface area contributed by atoms with Gasteiger partial charge in [0, 0.05) is 25.7 Å². The molecule has 0 spiro atoms. The molecule has 0 unspecified atom stereocenters. The molecule has 32 heavy (non-hydrogen) atoms. The number of amides is 2. The number of nitrogens with zero attached hydrogens (tertiary/aromatic N) is 1. The van der Waals surface area contributed by atoms with Crippen molar-refractivity contribution in [2.45, 2.75) is 50.5 Å². The lowest BCUT2D eigenvalue weighted by atomic mass is 10.1. The van der Waals surface area contributed by atoms with Crippen LogP contribution in [0.15, 0.2) is 53.4 Å². The third kappa shape index (κ3) is 5.95. The van der Waals surface area contributed by atoms with Crippen LogP contribution >= 0.6 is 0 Å². The van der Waals surface area contributed by atoms with Crippen LogP contribution in [-0.4, -0.2) is 50.2 Å². The highest BCUT2D eigenvalue weighted by Gasteiger charge is 2.36. The predicted octanol–water partition coefficient (Wildman–Crippen LogP) is 2.32. The maximum atomic E-state index is 13.2. The van der Waals surface area contributed by atoms with Crippen LogP contribution in [-0.2, 0) is 26.0 Å². The number of carbonyl (C=O) groups excluding carboxylic acids is 2. The predicted molar refractivity (Wildman–Crippen MR) is 124 cm³/mol. The number of hydrogen-bond donors (Lipinski definition) is 2. The summed E-state index contributed by atoms with van der Waals surface area (Å²) in [5, 5.41) is 5.23. The molecule has 7 nitrogen and oxygen atoms in total. The van der Waals surface area contributed by atoms with E-state index in [2.05, 4.69) is 10.6 Å². The Balaban J connectivity index is 1.50. The molecule has 2 aromatic carbocycles. The van der Waals surface area contributed by atoms with Crippen LogP contribution in [0.5, 0.6) is 0 Å². The van der Waals surface area contributed by atoms with Crippen LogP contribution in [0, 0.1) is 13.8 Å². The summed E-state index contributed by atoms with van der Waals surface area (Å²) in [6.07, 6.45) is 2.91. The van der Waals surface area contributed by atoms with E-state index in [9.17, 15) is 18.0 Å². The van der Waals surface area contributed by atoms with E-state index >= 15 is 0 Å². The first kappa shape index (κ1) is 23.9. The third-order valence-corrected chi connectivity index (χ3v) is 7.82. The van der Waals surface area contributed by atoms with Gasteiger partial charge < -0.3 is 10.6 Å². The van der Waals surface area contributed by atoms with Gasteiger partial charge in [-0.3, -0.25) is 9.59 Å². The van der Waals surface area contributed by atoms with Crippen molar-refractivity contribution >= 4 is 21.8 Å². The molecule has 1 aliphatic rings. The minimum Gasteiger partial charge on any atom is -0.348 e. The molecular formula is C24H31N3O4S. The number of benzene rings is 2. The van der Waals surface area contributed by atoms with Crippen molar-refractivity contribution in [3.63, 3.8) is 0 Å². The topological polar surface area (TPSA) is 95.6 Å². The second-order valence-corrected chi connectivity index (χ2v) is 10.1. The molecule has 1 aliphatic heterocycles. The van der Waals surface area contributed by atoms with Gasteiger partial charge in [-0.1, -0.05) is 42.5 Å². The average molecular weight is 458 g/mol. The zero-order chi connectivity index (χ0) is 23.1. The van der Waals surface area contributed by atoms with Crippen molar-refractivity contribution in [2.24, 2.45) is 0 Å². The first-order valence-corrected chi connectivity index (χ1v) is 12.4. The number of nitrogens with one attached hydrogen (secondary N) is 2. The molecule has 1 heterocycles. The largest absolute Gasteiger partial charge is 0.348 e. The Morgan fingerprint density at radius 1 is 1.03 bits per heavy atom. The van der Waals surface area contributed by atoms with Crippen molar-refractivity contribution in [3.05, 3.63) is 65.2 Å². The fraction of sp³-hybridized carbons (Fsp3) is 0.417. The molecule has 3 rings (SSSR count). The summed E-state index contributed by atoms with van der Waals surface area (Å²) in [7, 11) is -3.67. The molecule has 1 atom stereocenters. The molecule has 8 heteroatoms. The van der Waals surface area contributed by atoms with Crippen LogP contribution in [0.4, 0.5) is 0 Å². The molecule has 0 bridgehead atoms. The zero-order valence-electron chi connectivity index (χ0n) is 18.6. The lowest BCUT2D eigenvalue weighted by Gasteiger charge is -2.25. The second kappa shape index (κ2) is 10.7. The third-order valence-electron chi connectivity index (χ3n) is 5.73. The Kier molecular flexibility index (Phi) is 8.04. The van der Waals surface area contributed by atoms with Crippen LogP contribution in [0.25, 0.3) is 0 Å². The Labute approximate surface area is 190 Å². The van der Waals surface area contributed by atoms with Gasteiger partial charge in [-0.25, -0.2) is 8.42 Å². The van der Waals surface area contributed by atoms with E-state index in [-0.39, 0.29) is 12.6 Å². The van der Waals surface area contributed by atoms with Gasteiger partial charge in [0.1, 0.15) is 0 Å². The lowest BCUT2D eigenvalue weighted by Crippen LogP contribution is -2.47. The van der Waals surface area contributed by atoms with E-state index in [0.717, 1.165) is 24.8 Å². The summed E-state index contributed by atoms with van der Waals surface area (Å²) in [6, 6.07) is 14.9. The van der Waals surface area contributed by atoms with Gasteiger partial charge in [-0.05, 0) is 62.3 Å². The molecule has 2 N–H and O–H groups in total. The number of hydrogen-bond acceptors (Lipinski definition) is 4. The van der Waals surface area contributed by atoms with Gasteiger partial charge in [0.15, 0.2) is 0 Å². The average Bonchev–Trinajstić information content (AvgIpc) is 3.27. The normalized spacial score (nSPS) is 16.6. The zero-order valence-corrected chi connectivity index (χ0v) is 19.5. The first-order chi connectivity index (χ1) is 15.3. The molecule has 1 saturated heterocycles. The highest BCUT2D eigenvalue weighted by Crippen LogP contribution is 2.28. The summed E-state index contributed by atoms with van der Waals surface area (Å²) < 4.78 is 27.9. The van der Waals surface area contributed by atoms with E-state index < -0.39 is 21.8 Å². The summed E-state index contributed by atoms with van der Waals surface area (Å²) in [5.41, 5.74) is 2.75. The smallest absolute Gasteiger partial charge is 0.309 e. The number of carbonyl (C=O) groups is 2.